The minimum Gasteiger partial charge on any atom is -0.508 e. The number of methoxy groups -OCH3 is 1. The van der Waals surface area contributed by atoms with Crippen LogP contribution in [0.15, 0.2) is 30.0 Å². The molecule has 0 saturated carbocycles. The van der Waals surface area contributed by atoms with E-state index in [-0.39, 0.29) is 34.2 Å². The van der Waals surface area contributed by atoms with Crippen molar-refractivity contribution in [2.75, 3.05) is 7.11 Å². The normalized spacial score (nSPS) is 14.6. The second-order valence-electron chi connectivity index (χ2n) is 3.14. The van der Waals surface area contributed by atoms with E-state index in [9.17, 15) is 14.7 Å². The van der Waals surface area contributed by atoms with Crippen LogP contribution in [0.5, 0.6) is 5.75 Å². The predicted octanol–water partition coefficient (Wildman–Crippen LogP) is 1.30. The van der Waals surface area contributed by atoms with Crippen LogP contribution in [0.1, 0.15) is 20.7 Å². The zero-order chi connectivity index (χ0) is 11.0. The van der Waals surface area contributed by atoms with Gasteiger partial charge in [0, 0.05) is 17.2 Å². The number of phenolic OH excluding ortho intramolecular Hbond substituents is 1. The summed E-state index contributed by atoms with van der Waals surface area (Å²) in [5, 5.41) is 9.20. The van der Waals surface area contributed by atoms with Gasteiger partial charge in [-0.2, -0.15) is 0 Å². The Labute approximate surface area is 85.8 Å². The number of ether oxygens (including phenoxy) is 1. The number of carbonyl (C=O) groups excluding carboxylic acids is 2. The van der Waals surface area contributed by atoms with Gasteiger partial charge in [0.2, 0.25) is 5.78 Å². The zero-order valence-electron chi connectivity index (χ0n) is 7.98. The molecule has 1 aromatic carbocycles. The molecule has 76 valence electrons. The van der Waals surface area contributed by atoms with Crippen molar-refractivity contribution in [3.8, 4) is 5.75 Å². The fourth-order valence-electron chi connectivity index (χ4n) is 1.48. The monoisotopic (exact) mass is 204 g/mol. The number of phenols is 1. The molecule has 4 heteroatoms. The Hall–Kier alpha value is -2.10. The molecular weight excluding hydrogens is 196 g/mol. The van der Waals surface area contributed by atoms with Crippen LogP contribution in [0.4, 0.5) is 0 Å². The molecule has 0 bridgehead atoms. The maximum Gasteiger partial charge on any atom is 0.228 e. The lowest BCUT2D eigenvalue weighted by atomic mass is 9.93. The van der Waals surface area contributed by atoms with Gasteiger partial charge < -0.3 is 9.84 Å². The number of rotatable bonds is 1. The van der Waals surface area contributed by atoms with E-state index in [0.717, 1.165) is 6.08 Å². The summed E-state index contributed by atoms with van der Waals surface area (Å²) in [7, 11) is 1.34. The number of benzene rings is 1. The molecule has 1 aromatic rings. The van der Waals surface area contributed by atoms with Crippen LogP contribution in [0.25, 0.3) is 0 Å². The van der Waals surface area contributed by atoms with Crippen LogP contribution >= 0.6 is 0 Å². The van der Waals surface area contributed by atoms with Gasteiger partial charge in [-0.25, -0.2) is 0 Å². The summed E-state index contributed by atoms with van der Waals surface area (Å²) < 4.78 is 4.79. The molecule has 0 radical (unpaired) electrons. The van der Waals surface area contributed by atoms with Crippen molar-refractivity contribution in [2.24, 2.45) is 0 Å². The smallest absolute Gasteiger partial charge is 0.228 e. The average molecular weight is 204 g/mol. The van der Waals surface area contributed by atoms with Crippen LogP contribution in [0.3, 0.4) is 0 Å². The molecule has 0 fully saturated rings. The maximum absolute atomic E-state index is 11.7. The number of hydrogen-bond donors (Lipinski definition) is 1. The molecule has 0 aliphatic heterocycles. The fourth-order valence-corrected chi connectivity index (χ4v) is 1.48. The van der Waals surface area contributed by atoms with E-state index in [1.165, 1.54) is 25.3 Å². The molecule has 0 heterocycles. The summed E-state index contributed by atoms with van der Waals surface area (Å²) in [6.45, 7) is 0. The highest BCUT2D eigenvalue weighted by atomic mass is 16.5. The number of ketones is 2. The van der Waals surface area contributed by atoms with Crippen molar-refractivity contribution >= 4 is 11.6 Å². The second-order valence-corrected chi connectivity index (χ2v) is 3.14. The van der Waals surface area contributed by atoms with Gasteiger partial charge in [0.15, 0.2) is 11.5 Å². The minimum absolute atomic E-state index is 0.0261. The summed E-state index contributed by atoms with van der Waals surface area (Å²) in [5.74, 6) is -0.688. The van der Waals surface area contributed by atoms with Gasteiger partial charge in [-0.15, -0.1) is 0 Å². The quantitative estimate of drug-likeness (QED) is 0.748. The van der Waals surface area contributed by atoms with E-state index >= 15 is 0 Å². The molecule has 0 atom stereocenters. The van der Waals surface area contributed by atoms with E-state index in [0.29, 0.717) is 0 Å². The second kappa shape index (κ2) is 3.24. The molecule has 0 saturated heterocycles. The lowest BCUT2D eigenvalue weighted by Crippen LogP contribution is -2.17. The standard InChI is InChI=1S/C11H8O4/c1-15-10-5-9(13)8-4-6(12)2-3-7(8)11(10)14/h2-5,12H,1H3. The largest absolute Gasteiger partial charge is 0.508 e. The zero-order valence-corrected chi connectivity index (χ0v) is 7.98. The third-order valence-corrected chi connectivity index (χ3v) is 2.22. The first-order valence-corrected chi connectivity index (χ1v) is 4.31. The van der Waals surface area contributed by atoms with Gasteiger partial charge in [-0.05, 0) is 18.2 Å². The first-order chi connectivity index (χ1) is 7.13. The van der Waals surface area contributed by atoms with Gasteiger partial charge >= 0.3 is 0 Å². The molecule has 4 nitrogen and oxygen atoms in total. The molecule has 0 aromatic heterocycles. The van der Waals surface area contributed by atoms with Crippen molar-refractivity contribution in [3.63, 3.8) is 0 Å². The fraction of sp³-hybridized carbons (Fsp3) is 0.0909. The summed E-state index contributed by atoms with van der Waals surface area (Å²) in [5.41, 5.74) is 0.470. The van der Waals surface area contributed by atoms with Crippen LogP contribution in [-0.4, -0.2) is 23.8 Å². The molecule has 1 aliphatic rings. The van der Waals surface area contributed by atoms with Crippen LogP contribution in [-0.2, 0) is 4.74 Å². The topological polar surface area (TPSA) is 63.6 Å². The Morgan fingerprint density at radius 2 is 1.93 bits per heavy atom. The number of allylic oxidation sites excluding steroid dienone is 2. The predicted molar refractivity (Wildman–Crippen MR) is 51.9 cm³/mol. The molecule has 0 unspecified atom stereocenters. The van der Waals surface area contributed by atoms with E-state index in [1.807, 2.05) is 0 Å². The SMILES string of the molecule is COC1=CC(=O)c2cc(O)ccc2C1=O. The average Bonchev–Trinajstić information content (AvgIpc) is 2.23. The Bertz CT molecular complexity index is 485. The Balaban J connectivity index is 2.62. The lowest BCUT2D eigenvalue weighted by Gasteiger charge is -2.13. The lowest BCUT2D eigenvalue weighted by molar-refractivity contribution is 0.0916. The Morgan fingerprint density at radius 3 is 2.60 bits per heavy atom. The number of fused-ring (bicyclic) bond motifs is 1. The maximum atomic E-state index is 11.7. The molecular formula is C11H8O4. The van der Waals surface area contributed by atoms with Gasteiger partial charge in [-0.1, -0.05) is 0 Å². The van der Waals surface area contributed by atoms with Gasteiger partial charge in [0.25, 0.3) is 0 Å². The number of carbonyl (C=O) groups is 2. The Kier molecular flexibility index (Phi) is 2.04. The molecule has 2 rings (SSSR count). The summed E-state index contributed by atoms with van der Waals surface area (Å²) in [4.78, 5) is 23.2. The summed E-state index contributed by atoms with van der Waals surface area (Å²) in [6, 6.07) is 4.05. The van der Waals surface area contributed by atoms with Crippen molar-refractivity contribution in [1.82, 2.24) is 0 Å². The highest BCUT2D eigenvalue weighted by Gasteiger charge is 2.26. The summed E-state index contributed by atoms with van der Waals surface area (Å²) in [6.07, 6.45) is 1.13. The highest BCUT2D eigenvalue weighted by molar-refractivity contribution is 6.23. The first-order valence-electron chi connectivity index (χ1n) is 4.31. The minimum atomic E-state index is -0.341. The van der Waals surface area contributed by atoms with Gasteiger partial charge in [0.05, 0.1) is 7.11 Å². The molecule has 1 aliphatic carbocycles. The highest BCUT2D eigenvalue weighted by Crippen LogP contribution is 2.24. The van der Waals surface area contributed by atoms with Crippen LogP contribution < -0.4 is 0 Å². The van der Waals surface area contributed by atoms with E-state index in [4.69, 9.17) is 4.74 Å². The number of Topliss-reactive ketones (excluding diaryl/α,β-unsaturated/α-hetero) is 1. The van der Waals surface area contributed by atoms with Gasteiger partial charge in [0.1, 0.15) is 5.75 Å². The summed E-state index contributed by atoms with van der Waals surface area (Å²) >= 11 is 0. The van der Waals surface area contributed by atoms with Crippen LogP contribution in [0, 0.1) is 0 Å². The van der Waals surface area contributed by atoms with E-state index in [1.54, 1.807) is 0 Å². The van der Waals surface area contributed by atoms with Crippen molar-refractivity contribution in [1.29, 1.82) is 0 Å². The van der Waals surface area contributed by atoms with Crippen molar-refractivity contribution in [3.05, 3.63) is 41.2 Å². The van der Waals surface area contributed by atoms with E-state index in [2.05, 4.69) is 0 Å². The third-order valence-electron chi connectivity index (χ3n) is 2.22. The Morgan fingerprint density at radius 1 is 1.20 bits per heavy atom. The molecule has 0 amide bonds. The third kappa shape index (κ3) is 1.40. The van der Waals surface area contributed by atoms with Crippen molar-refractivity contribution in [2.45, 2.75) is 0 Å². The van der Waals surface area contributed by atoms with Gasteiger partial charge in [-0.3, -0.25) is 9.59 Å². The van der Waals surface area contributed by atoms with E-state index < -0.39 is 0 Å². The number of hydrogen-bond acceptors (Lipinski definition) is 4. The molecule has 15 heavy (non-hydrogen) atoms. The molecule has 0 spiro atoms. The number of aromatic hydroxyl groups is 1. The van der Waals surface area contributed by atoms with Crippen molar-refractivity contribution < 1.29 is 19.4 Å². The molecule has 1 N–H and O–H groups in total. The van der Waals surface area contributed by atoms with Crippen LogP contribution in [0.2, 0.25) is 0 Å². The first kappa shape index (κ1) is 9.45.